The zero-order valence-electron chi connectivity index (χ0n) is 17.2. The van der Waals surface area contributed by atoms with Crippen molar-refractivity contribution in [3.63, 3.8) is 0 Å². The lowest BCUT2D eigenvalue weighted by Gasteiger charge is -2.10. The number of nitrogens with one attached hydrogen (secondary N) is 1. The highest BCUT2D eigenvalue weighted by Gasteiger charge is 2.14. The minimum atomic E-state index is -0.424. The van der Waals surface area contributed by atoms with Crippen LogP contribution in [0.15, 0.2) is 52.7 Å². The zero-order chi connectivity index (χ0) is 22.0. The Kier molecular flexibility index (Phi) is 5.48. The number of carbonyl (C=O) groups is 1. The molecular weight excluding hydrogens is 400 g/mol. The van der Waals surface area contributed by atoms with E-state index < -0.39 is 11.2 Å². The average Bonchev–Trinajstić information content (AvgIpc) is 3.45. The van der Waals surface area contributed by atoms with Crippen molar-refractivity contribution in [3.8, 4) is 5.82 Å². The first-order valence-corrected chi connectivity index (χ1v) is 9.79. The van der Waals surface area contributed by atoms with Crippen LogP contribution < -0.4 is 16.6 Å². The average molecular weight is 422 g/mol. The second-order valence-electron chi connectivity index (χ2n) is 7.13. The van der Waals surface area contributed by atoms with Crippen LogP contribution in [0.4, 0.5) is 0 Å². The second kappa shape index (κ2) is 8.38. The first-order valence-electron chi connectivity index (χ1n) is 9.79. The number of hydrogen-bond acceptors (Lipinski definition) is 6. The van der Waals surface area contributed by atoms with Gasteiger partial charge in [-0.2, -0.15) is 5.10 Å². The molecule has 0 unspecified atom stereocenters. The third kappa shape index (κ3) is 3.89. The van der Waals surface area contributed by atoms with E-state index in [1.807, 2.05) is 18.2 Å². The van der Waals surface area contributed by atoms with Gasteiger partial charge >= 0.3 is 5.69 Å². The van der Waals surface area contributed by atoms with Crippen molar-refractivity contribution >= 4 is 17.1 Å². The van der Waals surface area contributed by atoms with Gasteiger partial charge in [-0.15, -0.1) is 0 Å². The Hall–Kier alpha value is -4.02. The Balaban J connectivity index is 1.38. The molecule has 11 heteroatoms. The minimum absolute atomic E-state index is 0.111. The molecule has 0 aliphatic rings. The standard InChI is InChI=1S/C20H22N8O3/c1-25-18-16(19(30)26(2)20(25)31)27(13-23-18)10-4-7-15(29)22-12-14-6-3-8-21-17(14)28-11-5-9-24-28/h3,5-6,8-9,11,13H,4,7,10,12H2,1-2H3,(H,22,29). The normalized spacial score (nSPS) is 11.2. The first kappa shape index (κ1) is 20.3. The molecule has 1 N–H and O–H groups in total. The van der Waals surface area contributed by atoms with E-state index in [1.165, 1.54) is 17.9 Å². The summed E-state index contributed by atoms with van der Waals surface area (Å²) in [7, 11) is 3.01. The molecule has 0 atom stereocenters. The van der Waals surface area contributed by atoms with Gasteiger partial charge in [0.1, 0.15) is 0 Å². The van der Waals surface area contributed by atoms with Crippen LogP contribution in [-0.2, 0) is 32.0 Å². The zero-order valence-corrected chi connectivity index (χ0v) is 17.2. The summed E-state index contributed by atoms with van der Waals surface area (Å²) in [6.07, 6.45) is 7.46. The van der Waals surface area contributed by atoms with Gasteiger partial charge in [-0.1, -0.05) is 6.07 Å². The fourth-order valence-electron chi connectivity index (χ4n) is 3.43. The van der Waals surface area contributed by atoms with Crippen LogP contribution in [0.1, 0.15) is 18.4 Å². The molecule has 0 bridgehead atoms. The van der Waals surface area contributed by atoms with Gasteiger partial charge < -0.3 is 9.88 Å². The molecule has 0 saturated carbocycles. The summed E-state index contributed by atoms with van der Waals surface area (Å²) < 4.78 is 5.73. The fraction of sp³-hybridized carbons (Fsp3) is 0.300. The van der Waals surface area contributed by atoms with Gasteiger partial charge in [-0.05, 0) is 18.6 Å². The molecule has 11 nitrogen and oxygen atoms in total. The number of nitrogens with zero attached hydrogens (tertiary/aromatic N) is 7. The molecule has 0 saturated heterocycles. The Morgan fingerprint density at radius 3 is 2.71 bits per heavy atom. The maximum Gasteiger partial charge on any atom is 0.332 e. The van der Waals surface area contributed by atoms with Crippen LogP contribution in [0.25, 0.3) is 17.0 Å². The Morgan fingerprint density at radius 2 is 1.94 bits per heavy atom. The van der Waals surface area contributed by atoms with E-state index in [0.717, 1.165) is 10.1 Å². The first-order chi connectivity index (χ1) is 15.0. The minimum Gasteiger partial charge on any atom is -0.352 e. The van der Waals surface area contributed by atoms with Crippen LogP contribution in [0.5, 0.6) is 0 Å². The number of pyridine rings is 1. The molecule has 4 aromatic heterocycles. The molecule has 160 valence electrons. The third-order valence-electron chi connectivity index (χ3n) is 5.08. The van der Waals surface area contributed by atoms with E-state index >= 15 is 0 Å². The summed E-state index contributed by atoms with van der Waals surface area (Å²) in [6.45, 7) is 0.765. The van der Waals surface area contributed by atoms with Gasteiger partial charge in [0.25, 0.3) is 5.56 Å². The van der Waals surface area contributed by atoms with Crippen molar-refractivity contribution in [3.05, 3.63) is 69.5 Å². The van der Waals surface area contributed by atoms with Crippen molar-refractivity contribution in [2.75, 3.05) is 0 Å². The summed E-state index contributed by atoms with van der Waals surface area (Å²) in [5.74, 6) is 0.555. The largest absolute Gasteiger partial charge is 0.352 e. The number of fused-ring (bicyclic) bond motifs is 1. The molecule has 4 heterocycles. The highest BCUT2D eigenvalue weighted by Crippen LogP contribution is 2.10. The van der Waals surface area contributed by atoms with E-state index in [4.69, 9.17) is 0 Å². The van der Waals surface area contributed by atoms with Crippen molar-refractivity contribution in [2.45, 2.75) is 25.9 Å². The molecular formula is C20H22N8O3. The number of amides is 1. The molecule has 4 rings (SSSR count). The lowest BCUT2D eigenvalue weighted by atomic mass is 10.2. The highest BCUT2D eigenvalue weighted by atomic mass is 16.2. The monoisotopic (exact) mass is 422 g/mol. The number of rotatable bonds is 7. The summed E-state index contributed by atoms with van der Waals surface area (Å²) in [6, 6.07) is 5.51. The number of aromatic nitrogens is 7. The fourth-order valence-corrected chi connectivity index (χ4v) is 3.43. The molecule has 0 fully saturated rings. The number of aryl methyl sites for hydroxylation is 2. The number of hydrogen-bond donors (Lipinski definition) is 1. The van der Waals surface area contributed by atoms with Gasteiger partial charge in [0.15, 0.2) is 17.0 Å². The highest BCUT2D eigenvalue weighted by molar-refractivity contribution is 5.76. The van der Waals surface area contributed by atoms with Crippen LogP contribution in [0.2, 0.25) is 0 Å². The smallest absolute Gasteiger partial charge is 0.332 e. The maximum absolute atomic E-state index is 12.5. The molecule has 4 aromatic rings. The number of imidazole rings is 1. The van der Waals surface area contributed by atoms with Crippen LogP contribution >= 0.6 is 0 Å². The summed E-state index contributed by atoms with van der Waals surface area (Å²) >= 11 is 0. The molecule has 0 aliphatic carbocycles. The molecule has 1 amide bonds. The van der Waals surface area contributed by atoms with Crippen molar-refractivity contribution in [1.82, 2.24) is 38.8 Å². The molecule has 0 spiro atoms. The van der Waals surface area contributed by atoms with Crippen molar-refractivity contribution in [2.24, 2.45) is 14.1 Å². The van der Waals surface area contributed by atoms with Crippen molar-refractivity contribution < 1.29 is 4.79 Å². The van der Waals surface area contributed by atoms with Gasteiger partial charge in [0, 0.05) is 57.8 Å². The van der Waals surface area contributed by atoms with E-state index in [9.17, 15) is 14.4 Å². The van der Waals surface area contributed by atoms with E-state index in [-0.39, 0.29) is 12.3 Å². The Labute approximate surface area is 176 Å². The van der Waals surface area contributed by atoms with E-state index in [1.54, 1.807) is 34.9 Å². The van der Waals surface area contributed by atoms with Crippen LogP contribution in [-0.4, -0.2) is 39.4 Å². The number of carbonyl (C=O) groups excluding carboxylic acids is 1. The van der Waals surface area contributed by atoms with Gasteiger partial charge in [0.2, 0.25) is 5.91 Å². The van der Waals surface area contributed by atoms with Crippen molar-refractivity contribution in [1.29, 1.82) is 0 Å². The Bertz CT molecular complexity index is 1350. The lowest BCUT2D eigenvalue weighted by molar-refractivity contribution is -0.121. The summed E-state index contributed by atoms with van der Waals surface area (Å²) in [5, 5.41) is 7.09. The maximum atomic E-state index is 12.5. The SMILES string of the molecule is Cn1c(=O)c2c(ncn2CCCC(=O)NCc2cccnc2-n2cccn2)n(C)c1=O. The molecule has 0 radical (unpaired) electrons. The Morgan fingerprint density at radius 1 is 1.10 bits per heavy atom. The quantitative estimate of drug-likeness (QED) is 0.451. The predicted molar refractivity (Wildman–Crippen MR) is 113 cm³/mol. The topological polar surface area (TPSA) is 122 Å². The molecule has 31 heavy (non-hydrogen) atoms. The van der Waals surface area contributed by atoms with Gasteiger partial charge in [0.05, 0.1) is 6.33 Å². The molecule has 0 aromatic carbocycles. The third-order valence-corrected chi connectivity index (χ3v) is 5.08. The summed E-state index contributed by atoms with van der Waals surface area (Å²) in [5.41, 5.74) is 0.712. The molecule has 0 aliphatic heterocycles. The van der Waals surface area contributed by atoms with Gasteiger partial charge in [-0.25, -0.2) is 19.4 Å². The lowest BCUT2D eigenvalue weighted by Crippen LogP contribution is -2.37. The predicted octanol–water partition coefficient (Wildman–Crippen LogP) is 0.111. The van der Waals surface area contributed by atoms with E-state index in [0.29, 0.717) is 36.5 Å². The van der Waals surface area contributed by atoms with Crippen LogP contribution in [0, 0.1) is 0 Å². The second-order valence-corrected chi connectivity index (χ2v) is 7.13. The summed E-state index contributed by atoms with van der Waals surface area (Å²) in [4.78, 5) is 45.3. The van der Waals surface area contributed by atoms with E-state index in [2.05, 4.69) is 20.4 Å². The van der Waals surface area contributed by atoms with Crippen LogP contribution in [0.3, 0.4) is 0 Å². The van der Waals surface area contributed by atoms with Gasteiger partial charge in [-0.3, -0.25) is 18.7 Å².